The molecule has 298 valence electrons. The van der Waals surface area contributed by atoms with Crippen LogP contribution < -0.4 is 4.74 Å². The molecule has 0 spiro atoms. The van der Waals surface area contributed by atoms with E-state index in [1.165, 1.54) is 0 Å². The van der Waals surface area contributed by atoms with Crippen LogP contribution in [0.2, 0.25) is 0 Å². The zero-order chi connectivity index (χ0) is 41.8. The Morgan fingerprint density at radius 1 is 0.564 bits per heavy atom. The number of carbonyl (C=O) groups is 6. The second-order valence-corrected chi connectivity index (χ2v) is 12.2. The Morgan fingerprint density at radius 3 is 1.24 bits per heavy atom. The Bertz CT molecular complexity index is 1680. The molecular weight excluding hydrogens is 746 g/mol. The summed E-state index contributed by atoms with van der Waals surface area (Å²) >= 11 is 6.87. The van der Waals surface area contributed by atoms with Crippen LogP contribution in [0.25, 0.3) is 10.6 Å². The predicted octanol–water partition coefficient (Wildman–Crippen LogP) is 4.07. The van der Waals surface area contributed by atoms with Crippen molar-refractivity contribution in [3.05, 3.63) is 102 Å². The SMILES string of the molecule is CCN(CC)CCOc1ccc(/C(=C(/Cl)c2ccccc2)c2ccccc2)cc1.O=C(O)CC(O)(CC(=O)O)C(=O)O.O=C(O)CC(O)(CC(=O)O)C(=O)O. The van der Waals surface area contributed by atoms with E-state index in [0.717, 1.165) is 52.7 Å². The smallest absolute Gasteiger partial charge is 0.336 e. The van der Waals surface area contributed by atoms with Crippen LogP contribution in [0.1, 0.15) is 56.2 Å². The third kappa shape index (κ3) is 16.8. The van der Waals surface area contributed by atoms with Crippen molar-refractivity contribution in [2.24, 2.45) is 0 Å². The highest BCUT2D eigenvalue weighted by Crippen LogP contribution is 2.35. The number of hydrogen-bond acceptors (Lipinski definition) is 10. The summed E-state index contributed by atoms with van der Waals surface area (Å²) in [6, 6.07) is 28.6. The fourth-order valence-corrected chi connectivity index (χ4v) is 5.08. The lowest BCUT2D eigenvalue weighted by Crippen LogP contribution is -2.42. The molecule has 55 heavy (non-hydrogen) atoms. The lowest BCUT2D eigenvalue weighted by atomic mass is 9.95. The van der Waals surface area contributed by atoms with Gasteiger partial charge in [0.2, 0.25) is 0 Å². The average Bonchev–Trinajstić information content (AvgIpc) is 3.11. The lowest BCUT2D eigenvalue weighted by Gasteiger charge is -2.18. The zero-order valence-electron chi connectivity index (χ0n) is 30.0. The van der Waals surface area contributed by atoms with E-state index in [9.17, 15) is 28.8 Å². The van der Waals surface area contributed by atoms with E-state index in [4.69, 9.17) is 57.2 Å². The molecule has 3 rings (SSSR count). The van der Waals surface area contributed by atoms with Gasteiger partial charge >= 0.3 is 35.8 Å². The van der Waals surface area contributed by atoms with Gasteiger partial charge in [-0.15, -0.1) is 0 Å². The molecule has 0 amide bonds. The molecule has 0 saturated heterocycles. The highest BCUT2D eigenvalue weighted by molar-refractivity contribution is 6.53. The number of carboxylic acids is 6. The largest absolute Gasteiger partial charge is 0.492 e. The maximum absolute atomic E-state index is 10.3. The minimum atomic E-state index is -2.74. The predicted molar refractivity (Wildman–Crippen MR) is 199 cm³/mol. The Morgan fingerprint density at radius 2 is 0.909 bits per heavy atom. The second kappa shape index (κ2) is 23.1. The fraction of sp³-hybridized carbons (Fsp3) is 0.316. The Balaban J connectivity index is 0.000000485. The van der Waals surface area contributed by atoms with Crippen molar-refractivity contribution < 1.29 is 74.4 Å². The summed E-state index contributed by atoms with van der Waals surface area (Å²) in [4.78, 5) is 63.3. The van der Waals surface area contributed by atoms with E-state index >= 15 is 0 Å². The molecule has 0 saturated carbocycles. The molecule has 0 bridgehead atoms. The van der Waals surface area contributed by atoms with Crippen molar-refractivity contribution in [2.45, 2.75) is 50.7 Å². The minimum Gasteiger partial charge on any atom is -0.492 e. The number of benzene rings is 3. The van der Waals surface area contributed by atoms with Crippen molar-refractivity contribution >= 4 is 58.0 Å². The molecule has 3 aromatic carbocycles. The number of rotatable bonds is 19. The number of nitrogens with zero attached hydrogens (tertiary/aromatic N) is 1. The summed E-state index contributed by atoms with van der Waals surface area (Å²) < 4.78 is 5.94. The summed E-state index contributed by atoms with van der Waals surface area (Å²) in [7, 11) is 0. The summed E-state index contributed by atoms with van der Waals surface area (Å²) in [6.45, 7) is 8.05. The molecule has 0 radical (unpaired) electrons. The zero-order valence-corrected chi connectivity index (χ0v) is 30.8. The molecule has 0 atom stereocenters. The van der Waals surface area contributed by atoms with Gasteiger partial charge in [0, 0.05) is 12.1 Å². The number of likely N-dealkylation sites (N-methyl/N-ethyl adjacent to an activating group) is 1. The highest BCUT2D eigenvalue weighted by atomic mass is 35.5. The summed E-state index contributed by atoms with van der Waals surface area (Å²) in [5.74, 6) is -9.16. The van der Waals surface area contributed by atoms with Gasteiger partial charge < -0.3 is 50.5 Å². The first-order valence-electron chi connectivity index (χ1n) is 16.5. The van der Waals surface area contributed by atoms with Crippen molar-refractivity contribution in [1.29, 1.82) is 0 Å². The number of aliphatic hydroxyl groups is 2. The first kappa shape index (κ1) is 47.2. The molecular formula is C38H44ClNO15. The molecule has 0 heterocycles. The van der Waals surface area contributed by atoms with Crippen molar-refractivity contribution in [3.63, 3.8) is 0 Å². The number of carboxylic acid groups (broad SMARTS) is 6. The van der Waals surface area contributed by atoms with E-state index < -0.39 is 72.7 Å². The van der Waals surface area contributed by atoms with Crippen molar-refractivity contribution in [1.82, 2.24) is 4.90 Å². The van der Waals surface area contributed by atoms with Gasteiger partial charge in [0.25, 0.3) is 0 Å². The monoisotopic (exact) mass is 789 g/mol. The van der Waals surface area contributed by atoms with Crippen LogP contribution in [-0.4, -0.2) is 119 Å². The Kier molecular flexibility index (Phi) is 19.8. The van der Waals surface area contributed by atoms with Gasteiger partial charge in [-0.25, -0.2) is 9.59 Å². The average molecular weight is 790 g/mol. The third-order valence-electron chi connectivity index (χ3n) is 7.59. The molecule has 0 aromatic heterocycles. The van der Waals surface area contributed by atoms with E-state index in [1.807, 2.05) is 60.7 Å². The van der Waals surface area contributed by atoms with Gasteiger partial charge in [-0.1, -0.05) is 98.2 Å². The molecule has 0 fully saturated rings. The quantitative estimate of drug-likeness (QED) is 0.0795. The van der Waals surface area contributed by atoms with Crippen LogP contribution in [0.5, 0.6) is 5.75 Å². The number of aliphatic carboxylic acids is 6. The molecule has 0 aliphatic rings. The van der Waals surface area contributed by atoms with Crippen LogP contribution in [-0.2, 0) is 28.8 Å². The minimum absolute atomic E-state index is 0.688. The summed E-state index contributed by atoms with van der Waals surface area (Å²) in [6.07, 6.45) is -4.58. The van der Waals surface area contributed by atoms with Gasteiger partial charge in [0.05, 0.1) is 30.7 Å². The summed E-state index contributed by atoms with van der Waals surface area (Å²) in [5.41, 5.74) is -1.28. The molecule has 3 aromatic rings. The van der Waals surface area contributed by atoms with Gasteiger partial charge in [-0.05, 0) is 41.9 Å². The van der Waals surface area contributed by atoms with Gasteiger partial charge in [-0.3, -0.25) is 19.2 Å². The van der Waals surface area contributed by atoms with Gasteiger partial charge in [0.1, 0.15) is 12.4 Å². The second-order valence-electron chi connectivity index (χ2n) is 11.8. The first-order valence-corrected chi connectivity index (χ1v) is 16.9. The third-order valence-corrected chi connectivity index (χ3v) is 8.00. The fourth-order valence-electron chi connectivity index (χ4n) is 4.73. The number of halogens is 1. The maximum atomic E-state index is 10.3. The Hall–Kier alpha value is -5.81. The molecule has 0 aliphatic heterocycles. The van der Waals surface area contributed by atoms with Crippen LogP contribution >= 0.6 is 11.6 Å². The standard InChI is InChI=1S/C26H28ClNO.2C6H8O7/c1-3-28(4-2)19-20-29-24-17-15-22(16-18-24)25(21-11-7-5-8-12-21)26(27)23-13-9-6-10-14-23;2*7-3(8)1-6(13,5(11)12)2-4(9)10/h5-18H,3-4,19-20H2,1-2H3;2*13H,1-2H2,(H,7,8)(H,9,10)(H,11,12)/b26-25+;;. The first-order chi connectivity index (χ1) is 25.8. The van der Waals surface area contributed by atoms with Crippen molar-refractivity contribution in [2.75, 3.05) is 26.2 Å². The lowest BCUT2D eigenvalue weighted by molar-refractivity contribution is -0.170. The van der Waals surface area contributed by atoms with Gasteiger partial charge in [0.15, 0.2) is 11.2 Å². The normalized spacial score (nSPS) is 11.5. The van der Waals surface area contributed by atoms with E-state index in [2.05, 4.69) is 43.0 Å². The van der Waals surface area contributed by atoms with Crippen LogP contribution in [0.15, 0.2) is 84.9 Å². The maximum Gasteiger partial charge on any atom is 0.336 e. The number of hydrogen-bond donors (Lipinski definition) is 8. The topological polar surface area (TPSA) is 277 Å². The Labute approximate surface area is 321 Å². The van der Waals surface area contributed by atoms with Crippen molar-refractivity contribution in [3.8, 4) is 5.75 Å². The molecule has 17 heteroatoms. The van der Waals surface area contributed by atoms with Crippen LogP contribution in [0, 0.1) is 0 Å². The van der Waals surface area contributed by atoms with Crippen LogP contribution in [0.3, 0.4) is 0 Å². The number of ether oxygens (including phenoxy) is 1. The van der Waals surface area contributed by atoms with Crippen LogP contribution in [0.4, 0.5) is 0 Å². The van der Waals surface area contributed by atoms with E-state index in [-0.39, 0.29) is 0 Å². The molecule has 0 aliphatic carbocycles. The van der Waals surface area contributed by atoms with E-state index in [0.29, 0.717) is 6.61 Å². The van der Waals surface area contributed by atoms with Gasteiger partial charge in [-0.2, -0.15) is 0 Å². The van der Waals surface area contributed by atoms with E-state index in [1.54, 1.807) is 0 Å². The highest BCUT2D eigenvalue weighted by Gasteiger charge is 2.41. The molecule has 16 nitrogen and oxygen atoms in total. The summed E-state index contributed by atoms with van der Waals surface area (Å²) in [5, 5.41) is 68.4. The molecule has 0 unspecified atom stereocenters. The molecule has 8 N–H and O–H groups in total.